The largest absolute Gasteiger partial charge is 0.493 e. The molecule has 168 valence electrons. The third kappa shape index (κ3) is 3.70. The van der Waals surface area contributed by atoms with E-state index in [4.69, 9.17) is 13.9 Å². The Morgan fingerprint density at radius 3 is 2.66 bits per heavy atom. The number of amides is 1. The fraction of sp³-hybridized carbons (Fsp3) is 0.348. The lowest BCUT2D eigenvalue weighted by Crippen LogP contribution is -2.39. The molecule has 4 aromatic rings. The van der Waals surface area contributed by atoms with E-state index in [9.17, 15) is 9.59 Å². The lowest BCUT2D eigenvalue weighted by Gasteiger charge is -2.16. The molecule has 0 radical (unpaired) electrons. The zero-order valence-corrected chi connectivity index (χ0v) is 18.5. The minimum Gasteiger partial charge on any atom is -0.493 e. The Bertz CT molecular complexity index is 1330. The number of carbonyl (C=O) groups excluding carboxylic acids is 1. The maximum Gasteiger partial charge on any atom is 0.291 e. The van der Waals surface area contributed by atoms with Crippen molar-refractivity contribution in [3.8, 4) is 11.5 Å². The van der Waals surface area contributed by atoms with Crippen LogP contribution in [0.25, 0.3) is 16.6 Å². The highest BCUT2D eigenvalue weighted by molar-refractivity contribution is 5.83. The third-order valence-electron chi connectivity index (χ3n) is 5.55. The molecule has 0 spiro atoms. The molecule has 0 saturated heterocycles. The number of hydrogen-bond acceptors (Lipinski definition) is 6. The summed E-state index contributed by atoms with van der Waals surface area (Å²) >= 11 is 0. The van der Waals surface area contributed by atoms with Gasteiger partial charge >= 0.3 is 0 Å². The molecule has 0 unspecified atom stereocenters. The molecule has 0 aliphatic heterocycles. The van der Waals surface area contributed by atoms with Crippen molar-refractivity contribution in [1.82, 2.24) is 19.5 Å². The number of rotatable bonds is 8. The average Bonchev–Trinajstić information content (AvgIpc) is 3.41. The second kappa shape index (κ2) is 8.78. The molecule has 1 N–H and O–H groups in total. The molecule has 0 aliphatic rings. The summed E-state index contributed by atoms with van der Waals surface area (Å²) < 4.78 is 19.0. The number of hydrogen-bond donors (Lipinski definition) is 1. The summed E-state index contributed by atoms with van der Waals surface area (Å²) in [7, 11) is 3.17. The van der Waals surface area contributed by atoms with Gasteiger partial charge in [-0.15, -0.1) is 0 Å². The van der Waals surface area contributed by atoms with Crippen molar-refractivity contribution in [3.63, 3.8) is 0 Å². The highest BCUT2D eigenvalue weighted by Gasteiger charge is 2.22. The fourth-order valence-corrected chi connectivity index (χ4v) is 3.81. The van der Waals surface area contributed by atoms with Crippen LogP contribution in [0.5, 0.6) is 11.5 Å². The maximum atomic E-state index is 13.1. The van der Waals surface area contributed by atoms with Gasteiger partial charge in [0.1, 0.15) is 17.4 Å². The van der Waals surface area contributed by atoms with E-state index in [1.165, 1.54) is 4.68 Å². The second-order valence-electron chi connectivity index (χ2n) is 7.46. The van der Waals surface area contributed by atoms with Crippen molar-refractivity contribution in [2.24, 2.45) is 0 Å². The van der Waals surface area contributed by atoms with Gasteiger partial charge in [-0.1, -0.05) is 13.0 Å². The molecule has 0 fully saturated rings. The van der Waals surface area contributed by atoms with E-state index in [0.717, 1.165) is 11.1 Å². The number of methoxy groups -OCH3 is 2. The Hall–Kier alpha value is -3.75. The average molecular weight is 438 g/mol. The Morgan fingerprint density at radius 1 is 1.16 bits per heavy atom. The summed E-state index contributed by atoms with van der Waals surface area (Å²) in [6.07, 6.45) is 2.78. The molecule has 1 amide bonds. The summed E-state index contributed by atoms with van der Waals surface area (Å²) in [6.45, 7) is 4.04. The molecule has 9 heteroatoms. The van der Waals surface area contributed by atoms with Gasteiger partial charge in [0.2, 0.25) is 5.91 Å². The van der Waals surface area contributed by atoms with Crippen LogP contribution in [0.4, 0.5) is 0 Å². The zero-order valence-electron chi connectivity index (χ0n) is 18.5. The van der Waals surface area contributed by atoms with Crippen molar-refractivity contribution < 1.29 is 18.7 Å². The van der Waals surface area contributed by atoms with Crippen LogP contribution in [0.15, 0.2) is 45.8 Å². The number of ether oxygens (including phenoxy) is 2. The van der Waals surface area contributed by atoms with Crippen molar-refractivity contribution in [2.45, 2.75) is 32.7 Å². The molecule has 32 heavy (non-hydrogen) atoms. The van der Waals surface area contributed by atoms with Gasteiger partial charge in [0.25, 0.3) is 5.56 Å². The number of furan rings is 1. The Labute approximate surface area is 184 Å². The Balaban J connectivity index is 1.51. The van der Waals surface area contributed by atoms with Gasteiger partial charge in [-0.05, 0) is 31.0 Å². The number of nitrogens with one attached hydrogen (secondary N) is 1. The van der Waals surface area contributed by atoms with Crippen LogP contribution < -0.4 is 20.3 Å². The first-order chi connectivity index (χ1) is 15.5. The topological polar surface area (TPSA) is 100 Å². The van der Waals surface area contributed by atoms with Crippen LogP contribution in [0.1, 0.15) is 31.3 Å². The SMILES string of the molecule is CCc1nn([C@@H](C)C(=O)NCCc2ccc(OC)c(OC)c2)c(=O)c2cc3occc3n12. The van der Waals surface area contributed by atoms with E-state index in [2.05, 4.69) is 10.4 Å². The first-order valence-corrected chi connectivity index (χ1v) is 10.5. The van der Waals surface area contributed by atoms with E-state index >= 15 is 0 Å². The Kier molecular flexibility index (Phi) is 5.89. The number of aromatic nitrogens is 3. The monoisotopic (exact) mass is 438 g/mol. The van der Waals surface area contributed by atoms with Gasteiger partial charge in [0, 0.05) is 25.1 Å². The van der Waals surface area contributed by atoms with Gasteiger partial charge < -0.3 is 19.2 Å². The minimum absolute atomic E-state index is 0.276. The smallest absolute Gasteiger partial charge is 0.291 e. The lowest BCUT2D eigenvalue weighted by atomic mass is 10.1. The van der Waals surface area contributed by atoms with Crippen LogP contribution in [-0.2, 0) is 17.6 Å². The predicted molar refractivity (Wildman–Crippen MR) is 120 cm³/mol. The Morgan fingerprint density at radius 2 is 1.94 bits per heavy atom. The fourth-order valence-electron chi connectivity index (χ4n) is 3.81. The molecular weight excluding hydrogens is 412 g/mol. The highest BCUT2D eigenvalue weighted by atomic mass is 16.5. The van der Waals surface area contributed by atoms with E-state index < -0.39 is 6.04 Å². The first kappa shape index (κ1) is 21.5. The first-order valence-electron chi connectivity index (χ1n) is 10.5. The summed E-state index contributed by atoms with van der Waals surface area (Å²) in [4.78, 5) is 25.9. The quantitative estimate of drug-likeness (QED) is 0.454. The van der Waals surface area contributed by atoms with Crippen molar-refractivity contribution in [2.75, 3.05) is 20.8 Å². The minimum atomic E-state index is -0.760. The zero-order chi connectivity index (χ0) is 22.8. The molecule has 9 nitrogen and oxygen atoms in total. The predicted octanol–water partition coefficient (Wildman–Crippen LogP) is 2.74. The number of benzene rings is 1. The maximum absolute atomic E-state index is 13.1. The molecule has 3 heterocycles. The second-order valence-corrected chi connectivity index (χ2v) is 7.46. The summed E-state index contributed by atoms with van der Waals surface area (Å²) in [5.74, 6) is 1.69. The van der Waals surface area contributed by atoms with E-state index in [0.29, 0.717) is 47.8 Å². The normalized spacial score (nSPS) is 12.2. The summed E-state index contributed by atoms with van der Waals surface area (Å²) in [6, 6.07) is 8.37. The van der Waals surface area contributed by atoms with E-state index in [1.807, 2.05) is 25.1 Å². The van der Waals surface area contributed by atoms with Crippen LogP contribution in [-0.4, -0.2) is 40.9 Å². The molecule has 0 saturated carbocycles. The van der Waals surface area contributed by atoms with Gasteiger partial charge in [0.05, 0.1) is 26.0 Å². The summed E-state index contributed by atoms with van der Waals surface area (Å²) in [5.41, 5.74) is 2.51. The number of carbonyl (C=O) groups is 1. The molecule has 1 aromatic carbocycles. The van der Waals surface area contributed by atoms with Gasteiger partial charge in [-0.2, -0.15) is 5.10 Å². The van der Waals surface area contributed by atoms with Gasteiger partial charge in [-0.25, -0.2) is 4.68 Å². The molecule has 0 aliphatic carbocycles. The van der Waals surface area contributed by atoms with Crippen molar-refractivity contribution in [1.29, 1.82) is 0 Å². The molecule has 3 aromatic heterocycles. The number of nitrogens with zero attached hydrogens (tertiary/aromatic N) is 3. The third-order valence-corrected chi connectivity index (χ3v) is 5.55. The molecule has 4 rings (SSSR count). The van der Waals surface area contributed by atoms with E-state index in [-0.39, 0.29) is 11.5 Å². The van der Waals surface area contributed by atoms with Gasteiger partial charge in [0.15, 0.2) is 17.1 Å². The number of aryl methyl sites for hydroxylation is 1. The van der Waals surface area contributed by atoms with E-state index in [1.54, 1.807) is 43.9 Å². The van der Waals surface area contributed by atoms with Gasteiger partial charge in [-0.3, -0.25) is 14.0 Å². The van der Waals surface area contributed by atoms with Crippen LogP contribution >= 0.6 is 0 Å². The molecular formula is C23H26N4O5. The van der Waals surface area contributed by atoms with Crippen LogP contribution in [0.3, 0.4) is 0 Å². The van der Waals surface area contributed by atoms with Crippen LogP contribution in [0, 0.1) is 0 Å². The van der Waals surface area contributed by atoms with Crippen LogP contribution in [0.2, 0.25) is 0 Å². The lowest BCUT2D eigenvalue weighted by molar-refractivity contribution is -0.124. The molecule has 0 bridgehead atoms. The highest BCUT2D eigenvalue weighted by Crippen LogP contribution is 2.27. The number of fused-ring (bicyclic) bond motifs is 3. The molecule has 1 atom stereocenters. The van der Waals surface area contributed by atoms with Crippen molar-refractivity contribution in [3.05, 3.63) is 58.3 Å². The summed E-state index contributed by atoms with van der Waals surface area (Å²) in [5, 5.41) is 7.38. The standard InChI is InChI=1S/C23H26N4O5/c1-5-21-25-27(23(29)17-13-19-16(26(17)21)9-11-32-19)14(2)22(28)24-10-8-15-6-7-18(30-3)20(12-15)31-4/h6-7,9,11-14H,5,8,10H2,1-4H3,(H,24,28)/t14-/m0/s1. The van der Waals surface area contributed by atoms with Crippen molar-refractivity contribution >= 4 is 22.5 Å².